The van der Waals surface area contributed by atoms with Gasteiger partial charge >= 0.3 is 0 Å². The number of ether oxygens (including phenoxy) is 1. The van der Waals surface area contributed by atoms with Gasteiger partial charge in [-0.3, -0.25) is 4.79 Å². The van der Waals surface area contributed by atoms with Crippen LogP contribution in [0.2, 0.25) is 10.0 Å². The molecule has 4 rings (SSSR count). The molecule has 1 amide bonds. The molecule has 7 nitrogen and oxygen atoms in total. The number of halogens is 2. The SMILES string of the molecule is COc1ccc(S(=O)(=O)N2CCC(C(=O)Nc3nc(-c4ccc(Cl)c(Cl)c4)cs3)CC2)cc1. The van der Waals surface area contributed by atoms with Gasteiger partial charge in [0.2, 0.25) is 15.9 Å². The molecular formula is C22H21Cl2N3O4S2. The lowest BCUT2D eigenvalue weighted by Gasteiger charge is -2.30. The zero-order valence-electron chi connectivity index (χ0n) is 17.6. The predicted octanol–water partition coefficient (Wildman–Crippen LogP) is 5.16. The van der Waals surface area contributed by atoms with Crippen molar-refractivity contribution in [1.82, 2.24) is 9.29 Å². The molecular weight excluding hydrogens is 505 g/mol. The smallest absolute Gasteiger partial charge is 0.243 e. The van der Waals surface area contributed by atoms with E-state index in [9.17, 15) is 13.2 Å². The highest BCUT2D eigenvalue weighted by Gasteiger charge is 2.32. The summed E-state index contributed by atoms with van der Waals surface area (Å²) < 4.78 is 32.3. The van der Waals surface area contributed by atoms with Crippen LogP contribution in [0.1, 0.15) is 12.8 Å². The minimum atomic E-state index is -3.61. The van der Waals surface area contributed by atoms with Crippen molar-refractivity contribution in [3.63, 3.8) is 0 Å². The molecule has 2 heterocycles. The maximum atomic E-state index is 12.9. The fourth-order valence-electron chi connectivity index (χ4n) is 3.58. The van der Waals surface area contributed by atoms with Crippen LogP contribution in [0.3, 0.4) is 0 Å². The number of amides is 1. The molecule has 11 heteroatoms. The van der Waals surface area contributed by atoms with Crippen molar-refractivity contribution in [3.8, 4) is 17.0 Å². The summed E-state index contributed by atoms with van der Waals surface area (Å²) in [5, 5.41) is 6.06. The first-order valence-corrected chi connectivity index (χ1v) is 13.2. The lowest BCUT2D eigenvalue weighted by atomic mass is 9.97. The van der Waals surface area contributed by atoms with Crippen molar-refractivity contribution in [2.45, 2.75) is 17.7 Å². The van der Waals surface area contributed by atoms with E-state index < -0.39 is 10.0 Å². The first kappa shape index (κ1) is 24.0. The van der Waals surface area contributed by atoms with Crippen LogP contribution in [0.5, 0.6) is 5.75 Å². The highest BCUT2D eigenvalue weighted by atomic mass is 35.5. The summed E-state index contributed by atoms with van der Waals surface area (Å²) >= 11 is 13.4. The molecule has 0 saturated carbocycles. The number of anilines is 1. The van der Waals surface area contributed by atoms with Crippen LogP contribution < -0.4 is 10.1 Å². The van der Waals surface area contributed by atoms with Crippen LogP contribution in [0.4, 0.5) is 5.13 Å². The van der Waals surface area contributed by atoms with E-state index in [-0.39, 0.29) is 29.8 Å². The number of carbonyl (C=O) groups is 1. The number of rotatable bonds is 6. The topological polar surface area (TPSA) is 88.6 Å². The Kier molecular flexibility index (Phi) is 7.25. The summed E-state index contributed by atoms with van der Waals surface area (Å²) in [6, 6.07) is 11.5. The van der Waals surface area contributed by atoms with Crippen LogP contribution in [-0.4, -0.2) is 43.8 Å². The van der Waals surface area contributed by atoms with E-state index in [1.165, 1.54) is 34.9 Å². The van der Waals surface area contributed by atoms with E-state index in [0.717, 1.165) is 5.56 Å². The van der Waals surface area contributed by atoms with Gasteiger partial charge in [0.05, 0.1) is 27.7 Å². The van der Waals surface area contributed by atoms with Gasteiger partial charge in [-0.25, -0.2) is 13.4 Å². The third-order valence-electron chi connectivity index (χ3n) is 5.47. The number of aromatic nitrogens is 1. The van der Waals surface area contributed by atoms with E-state index in [4.69, 9.17) is 27.9 Å². The van der Waals surface area contributed by atoms with Gasteiger partial charge in [-0.1, -0.05) is 29.3 Å². The number of benzene rings is 2. The highest BCUT2D eigenvalue weighted by Crippen LogP contribution is 2.31. The number of carbonyl (C=O) groups excluding carboxylic acids is 1. The number of nitrogens with one attached hydrogen (secondary N) is 1. The molecule has 0 atom stereocenters. The molecule has 1 saturated heterocycles. The first-order valence-electron chi connectivity index (χ1n) is 10.1. The summed E-state index contributed by atoms with van der Waals surface area (Å²) in [4.78, 5) is 17.4. The van der Waals surface area contributed by atoms with Crippen LogP contribution in [0.15, 0.2) is 52.7 Å². The lowest BCUT2D eigenvalue weighted by Crippen LogP contribution is -2.41. The molecule has 1 fully saturated rings. The Bertz CT molecular complexity index is 1250. The van der Waals surface area contributed by atoms with Gasteiger partial charge in [0.1, 0.15) is 5.75 Å². The van der Waals surface area contributed by atoms with Gasteiger partial charge in [0.15, 0.2) is 5.13 Å². The summed E-state index contributed by atoms with van der Waals surface area (Å²) in [7, 11) is -2.09. The van der Waals surface area contributed by atoms with Gasteiger partial charge in [0, 0.05) is 30.0 Å². The Balaban J connectivity index is 1.36. The molecule has 33 heavy (non-hydrogen) atoms. The number of sulfonamides is 1. The van der Waals surface area contributed by atoms with Crippen molar-refractivity contribution in [2.75, 3.05) is 25.5 Å². The number of nitrogens with zero attached hydrogens (tertiary/aromatic N) is 2. The molecule has 0 unspecified atom stereocenters. The molecule has 0 aliphatic carbocycles. The monoisotopic (exact) mass is 525 g/mol. The van der Waals surface area contributed by atoms with Crippen LogP contribution in [0, 0.1) is 5.92 Å². The normalized spacial score (nSPS) is 15.4. The van der Waals surface area contributed by atoms with Gasteiger partial charge < -0.3 is 10.1 Å². The van der Waals surface area contributed by atoms with Crippen molar-refractivity contribution < 1.29 is 17.9 Å². The van der Waals surface area contributed by atoms with Gasteiger partial charge in [-0.15, -0.1) is 11.3 Å². The second-order valence-corrected chi connectivity index (χ2v) is 11.1. The second-order valence-electron chi connectivity index (χ2n) is 7.51. The van der Waals surface area contributed by atoms with E-state index in [1.807, 2.05) is 11.4 Å². The lowest BCUT2D eigenvalue weighted by molar-refractivity contribution is -0.120. The third kappa shape index (κ3) is 5.33. The van der Waals surface area contributed by atoms with Crippen LogP contribution >= 0.6 is 34.5 Å². The molecule has 0 bridgehead atoms. The van der Waals surface area contributed by atoms with Crippen molar-refractivity contribution in [1.29, 1.82) is 0 Å². The first-order chi connectivity index (χ1) is 15.8. The van der Waals surface area contributed by atoms with Gasteiger partial charge in [0.25, 0.3) is 0 Å². The molecule has 1 N–H and O–H groups in total. The average Bonchev–Trinajstić information content (AvgIpc) is 3.29. The number of methoxy groups -OCH3 is 1. The number of hydrogen-bond acceptors (Lipinski definition) is 6. The second kappa shape index (κ2) is 9.99. The van der Waals surface area contributed by atoms with E-state index in [2.05, 4.69) is 10.3 Å². The van der Waals surface area contributed by atoms with Crippen molar-refractivity contribution in [3.05, 3.63) is 57.9 Å². The van der Waals surface area contributed by atoms with Crippen molar-refractivity contribution >= 4 is 55.6 Å². The average molecular weight is 526 g/mol. The third-order valence-corrected chi connectivity index (χ3v) is 8.88. The molecule has 174 valence electrons. The van der Waals surface area contributed by atoms with E-state index in [0.29, 0.717) is 39.5 Å². The summed E-state index contributed by atoms with van der Waals surface area (Å²) in [5.74, 6) is 0.144. The molecule has 1 aliphatic rings. The largest absolute Gasteiger partial charge is 0.497 e. The molecule has 1 aromatic heterocycles. The Morgan fingerprint density at radius 1 is 1.12 bits per heavy atom. The predicted molar refractivity (Wildman–Crippen MR) is 131 cm³/mol. The molecule has 0 radical (unpaired) electrons. The highest BCUT2D eigenvalue weighted by molar-refractivity contribution is 7.89. The standard InChI is InChI=1S/C22H21Cl2N3O4S2/c1-31-16-3-5-17(6-4-16)33(29,30)27-10-8-14(9-11-27)21(28)26-22-25-20(13-32-22)15-2-7-18(23)19(24)12-15/h2-7,12-14H,8-11H2,1H3,(H,25,26,28). The van der Waals surface area contributed by atoms with Crippen LogP contribution in [-0.2, 0) is 14.8 Å². The van der Waals surface area contributed by atoms with E-state index in [1.54, 1.807) is 24.3 Å². The Labute approximate surface area is 206 Å². The quantitative estimate of drug-likeness (QED) is 0.479. The van der Waals surface area contributed by atoms with E-state index >= 15 is 0 Å². The minimum absolute atomic E-state index is 0.161. The summed E-state index contributed by atoms with van der Waals surface area (Å²) in [6.07, 6.45) is 0.873. The fourth-order valence-corrected chi connectivity index (χ4v) is 6.07. The maximum Gasteiger partial charge on any atom is 0.243 e. The zero-order valence-corrected chi connectivity index (χ0v) is 20.8. The number of hydrogen-bond donors (Lipinski definition) is 1. The molecule has 2 aromatic carbocycles. The fraction of sp³-hybridized carbons (Fsp3) is 0.273. The van der Waals surface area contributed by atoms with Crippen molar-refractivity contribution in [2.24, 2.45) is 5.92 Å². The maximum absolute atomic E-state index is 12.9. The van der Waals surface area contributed by atoms with Gasteiger partial charge in [-0.2, -0.15) is 4.31 Å². The Hall–Kier alpha value is -2.17. The molecule has 3 aromatic rings. The zero-order chi connectivity index (χ0) is 23.6. The Morgan fingerprint density at radius 3 is 2.45 bits per heavy atom. The Morgan fingerprint density at radius 2 is 1.82 bits per heavy atom. The van der Waals surface area contributed by atoms with Crippen LogP contribution in [0.25, 0.3) is 11.3 Å². The number of thiazole rings is 1. The molecule has 0 spiro atoms. The summed E-state index contributed by atoms with van der Waals surface area (Å²) in [5.41, 5.74) is 1.49. The summed E-state index contributed by atoms with van der Waals surface area (Å²) in [6.45, 7) is 0.553. The molecule has 1 aliphatic heterocycles. The number of piperidine rings is 1. The minimum Gasteiger partial charge on any atom is -0.497 e. The van der Waals surface area contributed by atoms with Gasteiger partial charge in [-0.05, 0) is 49.2 Å².